The highest BCUT2D eigenvalue weighted by molar-refractivity contribution is 5.97. The number of hydrogen-bond donors (Lipinski definition) is 0. The van der Waals surface area contributed by atoms with Gasteiger partial charge in [-0.15, -0.1) is 0 Å². The van der Waals surface area contributed by atoms with Gasteiger partial charge in [-0.25, -0.2) is 0 Å². The summed E-state index contributed by atoms with van der Waals surface area (Å²) < 4.78 is 0. The third kappa shape index (κ3) is 3.24. The van der Waals surface area contributed by atoms with E-state index < -0.39 is 0 Å². The maximum Gasteiger partial charge on any atom is 0.254 e. The quantitative estimate of drug-likeness (QED) is 0.835. The molecule has 0 saturated carbocycles. The van der Waals surface area contributed by atoms with Gasteiger partial charge in [0.05, 0.1) is 6.04 Å². The third-order valence-electron chi connectivity index (χ3n) is 5.45. The van der Waals surface area contributed by atoms with Crippen molar-refractivity contribution in [1.29, 1.82) is 0 Å². The fourth-order valence-electron chi connectivity index (χ4n) is 4.06. The van der Waals surface area contributed by atoms with Gasteiger partial charge in [0.25, 0.3) is 5.91 Å². The summed E-state index contributed by atoms with van der Waals surface area (Å²) in [6.07, 6.45) is 4.68. The standard InChI is InChI=1S/C22H24N2O2/c25-21-10-4-5-15-23(21)19-13-11-18(12-14-19)22(26)24-16-6-9-20(24)17-7-2-1-3-8-17/h1-3,7-8,11-14,20H,4-6,9-10,15-16H2/t20-/m0/s1. The first-order valence-corrected chi connectivity index (χ1v) is 9.50. The second kappa shape index (κ2) is 7.32. The highest BCUT2D eigenvalue weighted by Gasteiger charge is 2.30. The zero-order valence-electron chi connectivity index (χ0n) is 14.9. The molecule has 2 aromatic rings. The van der Waals surface area contributed by atoms with Crippen molar-refractivity contribution in [2.75, 3.05) is 18.0 Å². The zero-order valence-corrected chi connectivity index (χ0v) is 14.9. The molecule has 0 bridgehead atoms. The third-order valence-corrected chi connectivity index (χ3v) is 5.45. The topological polar surface area (TPSA) is 40.6 Å². The number of nitrogens with zero attached hydrogens (tertiary/aromatic N) is 2. The molecule has 1 atom stereocenters. The molecule has 4 rings (SSSR count). The van der Waals surface area contributed by atoms with Gasteiger partial charge in [-0.2, -0.15) is 0 Å². The van der Waals surface area contributed by atoms with Crippen molar-refractivity contribution in [3.8, 4) is 0 Å². The minimum atomic E-state index is 0.0767. The Labute approximate surface area is 154 Å². The number of hydrogen-bond acceptors (Lipinski definition) is 2. The molecule has 0 N–H and O–H groups in total. The van der Waals surface area contributed by atoms with Gasteiger partial charge in [0.15, 0.2) is 0 Å². The highest BCUT2D eigenvalue weighted by atomic mass is 16.2. The Bertz CT molecular complexity index is 786. The minimum Gasteiger partial charge on any atom is -0.332 e. The van der Waals surface area contributed by atoms with Crippen molar-refractivity contribution in [1.82, 2.24) is 4.90 Å². The van der Waals surface area contributed by atoms with Gasteiger partial charge in [0, 0.05) is 30.8 Å². The van der Waals surface area contributed by atoms with Crippen molar-refractivity contribution < 1.29 is 9.59 Å². The molecule has 0 spiro atoms. The average Bonchev–Trinajstić information content (AvgIpc) is 3.18. The Morgan fingerprint density at radius 2 is 1.65 bits per heavy atom. The lowest BCUT2D eigenvalue weighted by Gasteiger charge is -2.27. The monoisotopic (exact) mass is 348 g/mol. The predicted molar refractivity (Wildman–Crippen MR) is 102 cm³/mol. The number of anilines is 1. The van der Waals surface area contributed by atoms with Crippen LogP contribution < -0.4 is 4.90 Å². The molecule has 2 aliphatic rings. The van der Waals surface area contributed by atoms with E-state index >= 15 is 0 Å². The number of amides is 2. The number of carbonyl (C=O) groups is 2. The molecule has 0 radical (unpaired) electrons. The Kier molecular flexibility index (Phi) is 4.74. The van der Waals surface area contributed by atoms with E-state index in [2.05, 4.69) is 12.1 Å². The second-order valence-corrected chi connectivity index (χ2v) is 7.12. The molecular weight excluding hydrogens is 324 g/mol. The summed E-state index contributed by atoms with van der Waals surface area (Å²) in [5, 5.41) is 0. The van der Waals surface area contributed by atoms with Crippen LogP contribution in [-0.4, -0.2) is 29.8 Å². The Morgan fingerprint density at radius 1 is 0.885 bits per heavy atom. The van der Waals surface area contributed by atoms with Crippen molar-refractivity contribution in [2.24, 2.45) is 0 Å². The molecule has 0 aliphatic carbocycles. The summed E-state index contributed by atoms with van der Waals surface area (Å²) in [5.41, 5.74) is 2.79. The van der Waals surface area contributed by atoms with Crippen molar-refractivity contribution in [3.05, 3.63) is 65.7 Å². The van der Waals surface area contributed by atoms with Crippen LogP contribution in [0, 0.1) is 0 Å². The normalized spacial score (nSPS) is 20.5. The molecule has 2 amide bonds. The molecular formula is C22H24N2O2. The summed E-state index contributed by atoms with van der Waals surface area (Å²) >= 11 is 0. The first kappa shape index (κ1) is 16.8. The molecule has 2 saturated heterocycles. The Balaban J connectivity index is 1.52. The number of rotatable bonds is 3. The number of benzene rings is 2. The van der Waals surface area contributed by atoms with Crippen LogP contribution >= 0.6 is 0 Å². The van der Waals surface area contributed by atoms with Crippen LogP contribution in [0.3, 0.4) is 0 Å². The lowest BCUT2D eigenvalue weighted by atomic mass is 10.0. The van der Waals surface area contributed by atoms with E-state index in [0.717, 1.165) is 44.5 Å². The molecule has 0 aromatic heterocycles. The Morgan fingerprint density at radius 3 is 2.38 bits per heavy atom. The lowest BCUT2D eigenvalue weighted by Crippen LogP contribution is -2.35. The first-order valence-electron chi connectivity index (χ1n) is 9.50. The highest BCUT2D eigenvalue weighted by Crippen LogP contribution is 2.33. The summed E-state index contributed by atoms with van der Waals surface area (Å²) in [4.78, 5) is 28.9. The first-order chi connectivity index (χ1) is 12.7. The van der Waals surface area contributed by atoms with E-state index in [9.17, 15) is 9.59 Å². The van der Waals surface area contributed by atoms with E-state index in [1.165, 1.54) is 5.56 Å². The number of carbonyl (C=O) groups excluding carboxylic acids is 2. The van der Waals surface area contributed by atoms with Crippen LogP contribution in [0.25, 0.3) is 0 Å². The average molecular weight is 348 g/mol. The molecule has 2 fully saturated rings. The van der Waals surface area contributed by atoms with Gasteiger partial charge in [-0.05, 0) is 55.5 Å². The second-order valence-electron chi connectivity index (χ2n) is 7.12. The predicted octanol–water partition coefficient (Wildman–Crippen LogP) is 4.18. The summed E-state index contributed by atoms with van der Waals surface area (Å²) in [7, 11) is 0. The van der Waals surface area contributed by atoms with E-state index in [4.69, 9.17) is 0 Å². The van der Waals surface area contributed by atoms with Crippen molar-refractivity contribution >= 4 is 17.5 Å². The van der Waals surface area contributed by atoms with Crippen molar-refractivity contribution in [3.63, 3.8) is 0 Å². The number of likely N-dealkylation sites (tertiary alicyclic amines) is 1. The van der Waals surface area contributed by atoms with Gasteiger partial charge in [-0.3, -0.25) is 9.59 Å². The molecule has 26 heavy (non-hydrogen) atoms. The maximum absolute atomic E-state index is 13.0. The zero-order chi connectivity index (χ0) is 17.9. The van der Waals surface area contributed by atoms with Crippen LogP contribution in [0.2, 0.25) is 0 Å². The molecule has 4 heteroatoms. The molecule has 2 aromatic carbocycles. The van der Waals surface area contributed by atoms with Gasteiger partial charge >= 0.3 is 0 Å². The van der Waals surface area contributed by atoms with E-state index in [1.807, 2.05) is 52.3 Å². The van der Waals surface area contributed by atoms with Gasteiger partial charge in [-0.1, -0.05) is 30.3 Å². The smallest absolute Gasteiger partial charge is 0.254 e. The maximum atomic E-state index is 13.0. The van der Waals surface area contributed by atoms with Crippen LogP contribution in [-0.2, 0) is 4.79 Å². The minimum absolute atomic E-state index is 0.0767. The largest absolute Gasteiger partial charge is 0.332 e. The van der Waals surface area contributed by atoms with E-state index in [0.29, 0.717) is 12.0 Å². The van der Waals surface area contributed by atoms with Crippen molar-refractivity contribution in [2.45, 2.75) is 38.1 Å². The van der Waals surface area contributed by atoms with Gasteiger partial charge in [0.2, 0.25) is 5.91 Å². The molecule has 2 aliphatic heterocycles. The molecule has 0 unspecified atom stereocenters. The number of piperidine rings is 1. The Hall–Kier alpha value is -2.62. The SMILES string of the molecule is O=C1CCCCN1c1ccc(C(=O)N2CCC[C@H]2c2ccccc2)cc1. The summed E-state index contributed by atoms with van der Waals surface area (Å²) in [6.45, 7) is 1.57. The summed E-state index contributed by atoms with van der Waals surface area (Å²) in [6, 6.07) is 18.0. The van der Waals surface area contributed by atoms with Crippen LogP contribution in [0.4, 0.5) is 5.69 Å². The molecule has 4 nitrogen and oxygen atoms in total. The van der Waals surface area contributed by atoms with Crippen LogP contribution in [0.15, 0.2) is 54.6 Å². The lowest BCUT2D eigenvalue weighted by molar-refractivity contribution is -0.119. The van der Waals surface area contributed by atoms with Gasteiger partial charge in [0.1, 0.15) is 0 Å². The van der Waals surface area contributed by atoms with Gasteiger partial charge < -0.3 is 9.80 Å². The van der Waals surface area contributed by atoms with E-state index in [1.54, 1.807) is 0 Å². The summed E-state index contributed by atoms with van der Waals surface area (Å²) in [5.74, 6) is 0.256. The fourth-order valence-corrected chi connectivity index (χ4v) is 4.06. The van der Waals surface area contributed by atoms with Crippen LogP contribution in [0.5, 0.6) is 0 Å². The molecule has 134 valence electrons. The molecule has 2 heterocycles. The fraction of sp³-hybridized carbons (Fsp3) is 0.364. The van der Waals surface area contributed by atoms with E-state index in [-0.39, 0.29) is 17.9 Å². The van der Waals surface area contributed by atoms with Crippen LogP contribution in [0.1, 0.15) is 54.1 Å².